The summed E-state index contributed by atoms with van der Waals surface area (Å²) >= 11 is 0. The van der Waals surface area contributed by atoms with E-state index in [1.165, 1.54) is 0 Å². The van der Waals surface area contributed by atoms with Crippen LogP contribution >= 0.6 is 0 Å². The zero-order chi connectivity index (χ0) is 19.8. The first-order chi connectivity index (χ1) is 12.6. The molecular weight excluding hydrogens is 344 g/mol. The van der Waals surface area contributed by atoms with Crippen LogP contribution in [0.1, 0.15) is 45.6 Å². The summed E-state index contributed by atoms with van der Waals surface area (Å²) in [6.45, 7) is 5.96. The summed E-state index contributed by atoms with van der Waals surface area (Å²) in [5.41, 5.74) is 0.0280. The van der Waals surface area contributed by atoms with Crippen molar-refractivity contribution in [2.24, 2.45) is 11.3 Å². The van der Waals surface area contributed by atoms with E-state index < -0.39 is 17.5 Å². The van der Waals surface area contributed by atoms with Gasteiger partial charge in [-0.05, 0) is 54.9 Å². The molecule has 1 aromatic rings. The third-order valence-corrected chi connectivity index (χ3v) is 5.22. The quantitative estimate of drug-likeness (QED) is 0.801. The van der Waals surface area contributed by atoms with E-state index in [1.54, 1.807) is 24.3 Å². The number of rotatable bonds is 3. The number of imide groups is 1. The highest BCUT2D eigenvalue weighted by Crippen LogP contribution is 2.46. The van der Waals surface area contributed by atoms with Crippen LogP contribution in [0.4, 0.5) is 10.5 Å². The van der Waals surface area contributed by atoms with Gasteiger partial charge in [-0.1, -0.05) is 20.8 Å². The number of amides is 4. The summed E-state index contributed by atoms with van der Waals surface area (Å²) < 4.78 is 0. The third-order valence-electron chi connectivity index (χ3n) is 5.22. The number of benzene rings is 1. The smallest absolute Gasteiger partial charge is 0.325 e. The second-order valence-corrected chi connectivity index (χ2v) is 8.50. The number of anilines is 1. The predicted molar refractivity (Wildman–Crippen MR) is 99.6 cm³/mol. The Hall–Kier alpha value is -2.88. The lowest BCUT2D eigenvalue weighted by molar-refractivity contribution is -0.136. The number of urea groups is 1. The first-order valence-electron chi connectivity index (χ1n) is 9.08. The van der Waals surface area contributed by atoms with Crippen LogP contribution in [0.25, 0.3) is 0 Å². The van der Waals surface area contributed by atoms with Gasteiger partial charge in [-0.2, -0.15) is 5.26 Å². The average molecular weight is 368 g/mol. The Bertz CT molecular complexity index is 825. The first kappa shape index (κ1) is 18.9. The van der Waals surface area contributed by atoms with E-state index in [1.807, 2.05) is 6.07 Å². The van der Waals surface area contributed by atoms with E-state index in [4.69, 9.17) is 5.26 Å². The van der Waals surface area contributed by atoms with Gasteiger partial charge >= 0.3 is 6.03 Å². The normalized spacial score (nSPS) is 26.6. The van der Waals surface area contributed by atoms with Crippen LogP contribution < -0.4 is 10.6 Å². The maximum Gasteiger partial charge on any atom is 0.325 e. The molecule has 1 aliphatic heterocycles. The molecule has 1 aliphatic carbocycles. The second kappa shape index (κ2) is 6.69. The van der Waals surface area contributed by atoms with Gasteiger partial charge in [-0.15, -0.1) is 0 Å². The van der Waals surface area contributed by atoms with Crippen molar-refractivity contribution < 1.29 is 14.4 Å². The lowest BCUT2D eigenvalue weighted by Crippen LogP contribution is -2.54. The number of hydrogen-bond acceptors (Lipinski definition) is 4. The molecule has 7 heteroatoms. The van der Waals surface area contributed by atoms with Gasteiger partial charge in [0, 0.05) is 5.69 Å². The SMILES string of the molecule is C[C@H]1CC(C)(C)C[C@@]2(C1)NC(=O)N(CC(=O)Nc1ccc(C#N)cc1)C2=O. The van der Waals surface area contributed by atoms with Crippen molar-refractivity contribution in [2.75, 3.05) is 11.9 Å². The van der Waals surface area contributed by atoms with Crippen LogP contribution in [0.5, 0.6) is 0 Å². The Morgan fingerprint density at radius 3 is 2.56 bits per heavy atom. The summed E-state index contributed by atoms with van der Waals surface area (Å²) in [7, 11) is 0. The monoisotopic (exact) mass is 368 g/mol. The van der Waals surface area contributed by atoms with Gasteiger partial charge in [-0.25, -0.2) is 4.79 Å². The molecule has 2 aliphatic rings. The number of nitrogens with one attached hydrogen (secondary N) is 2. The molecule has 1 saturated heterocycles. The van der Waals surface area contributed by atoms with Crippen molar-refractivity contribution in [3.8, 4) is 6.07 Å². The molecule has 0 radical (unpaired) electrons. The molecule has 0 unspecified atom stereocenters. The molecule has 7 nitrogen and oxygen atoms in total. The summed E-state index contributed by atoms with van der Waals surface area (Å²) in [5.74, 6) is -0.462. The minimum atomic E-state index is -0.910. The minimum Gasteiger partial charge on any atom is -0.325 e. The molecule has 1 aromatic carbocycles. The predicted octanol–water partition coefficient (Wildman–Crippen LogP) is 2.63. The highest BCUT2D eigenvalue weighted by atomic mass is 16.2. The van der Waals surface area contributed by atoms with Gasteiger partial charge in [-0.3, -0.25) is 14.5 Å². The largest absolute Gasteiger partial charge is 0.325 e. The fraction of sp³-hybridized carbons (Fsp3) is 0.500. The van der Waals surface area contributed by atoms with Gasteiger partial charge in [0.1, 0.15) is 12.1 Å². The molecule has 4 amide bonds. The molecule has 1 saturated carbocycles. The van der Waals surface area contributed by atoms with Crippen molar-refractivity contribution in [3.63, 3.8) is 0 Å². The summed E-state index contributed by atoms with van der Waals surface area (Å²) in [5, 5.41) is 14.3. The molecule has 1 spiro atoms. The van der Waals surface area contributed by atoms with Crippen LogP contribution in [-0.2, 0) is 9.59 Å². The topological polar surface area (TPSA) is 102 Å². The minimum absolute atomic E-state index is 0.0542. The number of carbonyl (C=O) groups excluding carboxylic acids is 3. The van der Waals surface area contributed by atoms with E-state index in [-0.39, 0.29) is 17.9 Å². The average Bonchev–Trinajstić information content (AvgIpc) is 2.77. The number of carbonyl (C=O) groups is 3. The summed E-state index contributed by atoms with van der Waals surface area (Å²) in [4.78, 5) is 38.8. The van der Waals surface area contributed by atoms with Crippen molar-refractivity contribution >= 4 is 23.5 Å². The molecule has 0 bridgehead atoms. The van der Waals surface area contributed by atoms with Gasteiger partial charge in [0.25, 0.3) is 5.91 Å². The van der Waals surface area contributed by atoms with Gasteiger partial charge in [0.15, 0.2) is 0 Å². The molecule has 0 aromatic heterocycles. The third kappa shape index (κ3) is 3.80. The Morgan fingerprint density at radius 1 is 1.30 bits per heavy atom. The van der Waals surface area contributed by atoms with E-state index >= 15 is 0 Å². The maximum atomic E-state index is 13.0. The van der Waals surface area contributed by atoms with Crippen molar-refractivity contribution in [1.29, 1.82) is 5.26 Å². The second-order valence-electron chi connectivity index (χ2n) is 8.50. The van der Waals surface area contributed by atoms with E-state index in [9.17, 15) is 14.4 Å². The lowest BCUT2D eigenvalue weighted by atomic mass is 9.64. The van der Waals surface area contributed by atoms with Crippen LogP contribution in [0.2, 0.25) is 0 Å². The van der Waals surface area contributed by atoms with Gasteiger partial charge < -0.3 is 10.6 Å². The van der Waals surface area contributed by atoms with E-state index in [0.29, 0.717) is 30.0 Å². The molecule has 27 heavy (non-hydrogen) atoms. The van der Waals surface area contributed by atoms with Crippen LogP contribution in [-0.4, -0.2) is 34.8 Å². The maximum absolute atomic E-state index is 13.0. The Labute approximate surface area is 158 Å². The molecule has 2 atom stereocenters. The summed E-state index contributed by atoms with van der Waals surface area (Å²) in [6.07, 6.45) is 2.16. The molecule has 142 valence electrons. The van der Waals surface area contributed by atoms with Gasteiger partial charge in [0.05, 0.1) is 11.6 Å². The van der Waals surface area contributed by atoms with Crippen LogP contribution in [0.3, 0.4) is 0 Å². The zero-order valence-corrected chi connectivity index (χ0v) is 15.8. The Morgan fingerprint density at radius 2 is 1.96 bits per heavy atom. The van der Waals surface area contributed by atoms with Crippen LogP contribution in [0.15, 0.2) is 24.3 Å². The lowest BCUT2D eigenvalue weighted by Gasteiger charge is -2.43. The van der Waals surface area contributed by atoms with Crippen molar-refractivity contribution in [2.45, 2.75) is 45.6 Å². The standard InChI is InChI=1S/C20H24N4O3/c1-13-8-19(2,3)12-20(9-13)17(26)24(18(27)23-20)11-16(25)22-15-6-4-14(10-21)5-7-15/h4-7,13H,8-9,11-12H2,1-3H3,(H,22,25)(H,23,27)/t13-,20+/m0/s1. The molecular formula is C20H24N4O3. The fourth-order valence-electron chi connectivity index (χ4n) is 4.62. The Balaban J connectivity index is 1.70. The summed E-state index contributed by atoms with van der Waals surface area (Å²) in [6, 6.07) is 7.88. The number of nitriles is 1. The molecule has 1 heterocycles. The van der Waals surface area contributed by atoms with Gasteiger partial charge in [0.2, 0.25) is 5.91 Å². The Kier molecular flexibility index (Phi) is 4.68. The number of nitrogens with zero attached hydrogens (tertiary/aromatic N) is 2. The van der Waals surface area contributed by atoms with E-state index in [2.05, 4.69) is 31.4 Å². The highest BCUT2D eigenvalue weighted by Gasteiger charge is 2.56. The number of hydrogen-bond donors (Lipinski definition) is 2. The van der Waals surface area contributed by atoms with Crippen LogP contribution in [0, 0.1) is 22.7 Å². The van der Waals surface area contributed by atoms with Crippen molar-refractivity contribution in [3.05, 3.63) is 29.8 Å². The zero-order valence-electron chi connectivity index (χ0n) is 15.8. The molecule has 3 rings (SSSR count). The highest BCUT2D eigenvalue weighted by molar-refractivity contribution is 6.10. The van der Waals surface area contributed by atoms with Crippen molar-refractivity contribution in [1.82, 2.24) is 10.2 Å². The molecule has 2 N–H and O–H groups in total. The first-order valence-corrected chi connectivity index (χ1v) is 9.08. The fourth-order valence-corrected chi connectivity index (χ4v) is 4.62. The van der Waals surface area contributed by atoms with E-state index in [0.717, 1.165) is 11.3 Å². The molecule has 2 fully saturated rings.